The highest BCUT2D eigenvalue weighted by atomic mass is 79.9. The molecule has 0 fully saturated rings. The highest BCUT2D eigenvalue weighted by Crippen LogP contribution is 2.02. The molecule has 0 aliphatic rings. The van der Waals surface area contributed by atoms with Gasteiger partial charge in [-0.05, 0) is 0 Å². The number of hydrogen-bond donors (Lipinski definition) is 0. The smallest absolute Gasteiger partial charge is 0.211 e. The molecule has 3 nitrogen and oxygen atoms in total. The number of nitrogens with zero attached hydrogens (tertiary/aromatic N) is 1. The fourth-order valence-corrected chi connectivity index (χ4v) is 2.48. The van der Waals surface area contributed by atoms with Gasteiger partial charge in [0.1, 0.15) is 4.66 Å². The molecule has 0 N–H and O–H groups in total. The van der Waals surface area contributed by atoms with Gasteiger partial charge in [-0.2, -0.15) is 0 Å². The van der Waals surface area contributed by atoms with Crippen LogP contribution in [0.25, 0.3) is 0 Å². The Morgan fingerprint density at radius 3 is 1.80 bits per heavy atom. The van der Waals surface area contributed by atoms with Gasteiger partial charge in [-0.1, -0.05) is 29.8 Å². The van der Waals surface area contributed by atoms with Gasteiger partial charge in [0.2, 0.25) is 10.0 Å². The van der Waals surface area contributed by atoms with E-state index >= 15 is 0 Å². The Morgan fingerprint density at radius 1 is 1.30 bits per heavy atom. The molecule has 0 heterocycles. The van der Waals surface area contributed by atoms with E-state index in [0.29, 0.717) is 13.1 Å². The van der Waals surface area contributed by atoms with Crippen LogP contribution in [-0.2, 0) is 10.0 Å². The fraction of sp³-hybridized carbons (Fsp3) is 1.00. The lowest BCUT2D eigenvalue weighted by Gasteiger charge is -2.15. The van der Waals surface area contributed by atoms with Gasteiger partial charge in [0.15, 0.2) is 0 Å². The Kier molecular flexibility index (Phi) is 4.47. The third-order valence-corrected chi connectivity index (χ3v) is 4.55. The van der Waals surface area contributed by atoms with Crippen molar-refractivity contribution in [2.45, 2.75) is 13.8 Å². The highest BCUT2D eigenvalue weighted by molar-refractivity contribution is 9.10. The Balaban J connectivity index is 4.28. The zero-order valence-electron chi connectivity index (χ0n) is 6.17. The summed E-state index contributed by atoms with van der Waals surface area (Å²) in [5.41, 5.74) is 0. The molecule has 0 radical (unpaired) electrons. The molecule has 0 aliphatic heterocycles. The standard InChI is InChI=1S/C5H12BrNO2S/c1-3-7(4-2)10(8,9)5-6/h3-5H2,1-2H3. The summed E-state index contributed by atoms with van der Waals surface area (Å²) in [6, 6.07) is 0. The topological polar surface area (TPSA) is 37.4 Å². The van der Waals surface area contributed by atoms with Crippen LogP contribution in [0.3, 0.4) is 0 Å². The Labute approximate surface area is 70.6 Å². The van der Waals surface area contributed by atoms with Gasteiger partial charge in [0.05, 0.1) is 0 Å². The fourth-order valence-electron chi connectivity index (χ4n) is 0.686. The first-order valence-electron chi connectivity index (χ1n) is 3.12. The normalized spacial score (nSPS) is 12.4. The van der Waals surface area contributed by atoms with Crippen LogP contribution < -0.4 is 0 Å². The largest absolute Gasteiger partial charge is 0.224 e. The van der Waals surface area contributed by atoms with Crippen molar-refractivity contribution in [2.75, 3.05) is 17.8 Å². The van der Waals surface area contributed by atoms with Crippen LogP contribution >= 0.6 is 15.9 Å². The summed E-state index contributed by atoms with van der Waals surface area (Å²) in [6.07, 6.45) is 0. The van der Waals surface area contributed by atoms with Crippen LogP contribution in [0, 0.1) is 0 Å². The molecule has 10 heavy (non-hydrogen) atoms. The molecule has 0 amide bonds. The maximum Gasteiger partial charge on any atom is 0.224 e. The quantitative estimate of drug-likeness (QED) is 0.676. The predicted molar refractivity (Wildman–Crippen MR) is 45.6 cm³/mol. The lowest BCUT2D eigenvalue weighted by Crippen LogP contribution is -2.31. The van der Waals surface area contributed by atoms with Crippen molar-refractivity contribution in [3.63, 3.8) is 0 Å². The molecule has 5 heteroatoms. The molecule has 0 atom stereocenters. The SMILES string of the molecule is CCN(CC)S(=O)(=O)CBr. The average Bonchev–Trinajstić information content (AvgIpc) is 1.90. The lowest BCUT2D eigenvalue weighted by molar-refractivity contribution is 0.449. The maximum absolute atomic E-state index is 11.0. The molecule has 0 bridgehead atoms. The second-order valence-corrected chi connectivity index (χ2v) is 5.08. The van der Waals surface area contributed by atoms with E-state index in [-0.39, 0.29) is 4.66 Å². The maximum atomic E-state index is 11.0. The number of halogens is 1. The van der Waals surface area contributed by atoms with Crippen LogP contribution in [0.2, 0.25) is 0 Å². The van der Waals surface area contributed by atoms with Gasteiger partial charge in [-0.25, -0.2) is 12.7 Å². The van der Waals surface area contributed by atoms with E-state index in [1.165, 1.54) is 4.31 Å². The van der Waals surface area contributed by atoms with E-state index < -0.39 is 10.0 Å². The van der Waals surface area contributed by atoms with Crippen molar-refractivity contribution in [1.82, 2.24) is 4.31 Å². The minimum Gasteiger partial charge on any atom is -0.211 e. The second-order valence-electron chi connectivity index (χ2n) is 1.81. The minimum absolute atomic E-state index is 0.0156. The molecular weight excluding hydrogens is 218 g/mol. The van der Waals surface area contributed by atoms with E-state index in [1.54, 1.807) is 0 Å². The summed E-state index contributed by atoms with van der Waals surface area (Å²) < 4.78 is 23.5. The van der Waals surface area contributed by atoms with E-state index in [4.69, 9.17) is 0 Å². The van der Waals surface area contributed by atoms with Crippen molar-refractivity contribution >= 4 is 26.0 Å². The zero-order chi connectivity index (χ0) is 8.20. The Morgan fingerprint density at radius 2 is 1.70 bits per heavy atom. The second kappa shape index (κ2) is 4.31. The monoisotopic (exact) mass is 229 g/mol. The molecule has 0 aromatic carbocycles. The molecule has 0 rings (SSSR count). The summed E-state index contributed by atoms with van der Waals surface area (Å²) in [4.78, 5) is 0. The molecule has 0 spiro atoms. The van der Waals surface area contributed by atoms with Gasteiger partial charge in [-0.15, -0.1) is 0 Å². The van der Waals surface area contributed by atoms with Gasteiger partial charge < -0.3 is 0 Å². The van der Waals surface area contributed by atoms with Gasteiger partial charge >= 0.3 is 0 Å². The highest BCUT2D eigenvalue weighted by Gasteiger charge is 2.15. The lowest BCUT2D eigenvalue weighted by atomic mass is 10.7. The summed E-state index contributed by atoms with van der Waals surface area (Å²) in [6.45, 7) is 4.74. The molecule has 0 aliphatic carbocycles. The van der Waals surface area contributed by atoms with Crippen LogP contribution in [0.15, 0.2) is 0 Å². The van der Waals surface area contributed by atoms with Gasteiger partial charge in [-0.3, -0.25) is 0 Å². The van der Waals surface area contributed by atoms with Crippen molar-refractivity contribution in [2.24, 2.45) is 0 Å². The van der Waals surface area contributed by atoms with Crippen LogP contribution in [0.5, 0.6) is 0 Å². The van der Waals surface area contributed by atoms with Crippen LogP contribution in [-0.4, -0.2) is 30.5 Å². The molecule has 0 saturated carbocycles. The van der Waals surface area contributed by atoms with Crippen LogP contribution in [0.4, 0.5) is 0 Å². The van der Waals surface area contributed by atoms with E-state index in [9.17, 15) is 8.42 Å². The Hall–Kier alpha value is 0.390. The molecule has 62 valence electrons. The van der Waals surface area contributed by atoms with Crippen molar-refractivity contribution < 1.29 is 8.42 Å². The third-order valence-electron chi connectivity index (χ3n) is 1.24. The molecule has 0 saturated heterocycles. The molecule has 0 aromatic heterocycles. The third kappa shape index (κ3) is 2.56. The summed E-state index contributed by atoms with van der Waals surface area (Å²) in [7, 11) is -3.01. The zero-order valence-corrected chi connectivity index (χ0v) is 8.57. The molecular formula is C5H12BrNO2S. The van der Waals surface area contributed by atoms with Crippen molar-refractivity contribution in [1.29, 1.82) is 0 Å². The minimum atomic E-state index is -3.01. The first-order valence-corrected chi connectivity index (χ1v) is 5.85. The Bertz CT molecular complexity index is 174. The summed E-state index contributed by atoms with van der Waals surface area (Å²) in [5, 5.41) is 0. The van der Waals surface area contributed by atoms with Gasteiger partial charge in [0.25, 0.3) is 0 Å². The number of sulfonamides is 1. The molecule has 0 aromatic rings. The number of hydrogen-bond acceptors (Lipinski definition) is 2. The number of alkyl halides is 1. The summed E-state index contributed by atoms with van der Waals surface area (Å²) in [5.74, 6) is 0. The average molecular weight is 230 g/mol. The van der Waals surface area contributed by atoms with E-state index in [0.717, 1.165) is 0 Å². The van der Waals surface area contributed by atoms with Crippen molar-refractivity contribution in [3.8, 4) is 0 Å². The van der Waals surface area contributed by atoms with Gasteiger partial charge in [0, 0.05) is 13.1 Å². The van der Waals surface area contributed by atoms with Crippen LogP contribution in [0.1, 0.15) is 13.8 Å². The summed E-state index contributed by atoms with van der Waals surface area (Å²) >= 11 is 2.92. The predicted octanol–water partition coefficient (Wildman–Crippen LogP) is 1.01. The first kappa shape index (κ1) is 10.4. The van der Waals surface area contributed by atoms with E-state index in [1.807, 2.05) is 13.8 Å². The molecule has 0 unspecified atom stereocenters. The van der Waals surface area contributed by atoms with E-state index in [2.05, 4.69) is 15.9 Å². The first-order chi connectivity index (χ1) is 4.58. The number of rotatable bonds is 4. The van der Waals surface area contributed by atoms with Crippen molar-refractivity contribution in [3.05, 3.63) is 0 Å².